The van der Waals surface area contributed by atoms with E-state index in [2.05, 4.69) is 21.2 Å². The van der Waals surface area contributed by atoms with Gasteiger partial charge in [-0.25, -0.2) is 0 Å². The van der Waals surface area contributed by atoms with E-state index in [1.54, 1.807) is 0 Å². The SMILES string of the molecule is O=C(CCBr)NC1CC2CCC1C2. The van der Waals surface area contributed by atoms with Gasteiger partial charge in [-0.05, 0) is 31.1 Å². The first kappa shape index (κ1) is 9.50. The number of halogens is 1. The van der Waals surface area contributed by atoms with Crippen LogP contribution < -0.4 is 5.32 Å². The van der Waals surface area contributed by atoms with Crippen molar-refractivity contribution in [2.45, 2.75) is 38.1 Å². The lowest BCUT2D eigenvalue weighted by atomic mass is 9.95. The monoisotopic (exact) mass is 245 g/mol. The third-order valence-corrected chi connectivity index (χ3v) is 3.80. The molecule has 0 aromatic rings. The van der Waals surface area contributed by atoms with Gasteiger partial charge in [0.05, 0.1) is 0 Å². The number of nitrogens with one attached hydrogen (secondary N) is 1. The largest absolute Gasteiger partial charge is 0.353 e. The van der Waals surface area contributed by atoms with Gasteiger partial charge in [0.2, 0.25) is 5.91 Å². The zero-order chi connectivity index (χ0) is 9.26. The van der Waals surface area contributed by atoms with Crippen molar-refractivity contribution in [3.8, 4) is 0 Å². The van der Waals surface area contributed by atoms with E-state index in [4.69, 9.17) is 0 Å². The molecule has 0 radical (unpaired) electrons. The molecule has 1 amide bonds. The molecule has 13 heavy (non-hydrogen) atoms. The predicted molar refractivity (Wildman–Crippen MR) is 55.8 cm³/mol. The number of carbonyl (C=O) groups is 1. The van der Waals surface area contributed by atoms with E-state index in [1.165, 1.54) is 25.7 Å². The van der Waals surface area contributed by atoms with Gasteiger partial charge in [0.15, 0.2) is 0 Å². The summed E-state index contributed by atoms with van der Waals surface area (Å²) in [7, 11) is 0. The van der Waals surface area contributed by atoms with Crippen LogP contribution in [0.15, 0.2) is 0 Å². The Kier molecular flexibility index (Phi) is 2.92. The number of carbonyl (C=O) groups excluding carboxylic acids is 1. The molecular weight excluding hydrogens is 230 g/mol. The van der Waals surface area contributed by atoms with Crippen molar-refractivity contribution in [2.75, 3.05) is 5.33 Å². The molecule has 2 fully saturated rings. The number of fused-ring (bicyclic) bond motifs is 2. The fraction of sp³-hybridized carbons (Fsp3) is 0.900. The highest BCUT2D eigenvalue weighted by Gasteiger charge is 2.39. The fourth-order valence-electron chi connectivity index (χ4n) is 2.79. The first-order valence-electron chi connectivity index (χ1n) is 5.15. The summed E-state index contributed by atoms with van der Waals surface area (Å²) in [5.41, 5.74) is 0. The normalized spacial score (nSPS) is 36.5. The summed E-state index contributed by atoms with van der Waals surface area (Å²) in [4.78, 5) is 11.3. The van der Waals surface area contributed by atoms with E-state index in [1.807, 2.05) is 0 Å². The molecule has 0 heterocycles. The maximum Gasteiger partial charge on any atom is 0.221 e. The van der Waals surface area contributed by atoms with Crippen molar-refractivity contribution in [1.82, 2.24) is 5.32 Å². The standard InChI is InChI=1S/C10H16BrNO/c11-4-3-10(13)12-9-6-7-1-2-8(9)5-7/h7-9H,1-6H2,(H,12,13). The Morgan fingerprint density at radius 3 is 2.77 bits per heavy atom. The van der Waals surface area contributed by atoms with E-state index in [-0.39, 0.29) is 5.91 Å². The molecular formula is C10H16BrNO. The Bertz CT molecular complexity index is 207. The van der Waals surface area contributed by atoms with E-state index < -0.39 is 0 Å². The first-order valence-corrected chi connectivity index (χ1v) is 6.27. The predicted octanol–water partition coefficient (Wildman–Crippen LogP) is 2.08. The second-order valence-corrected chi connectivity index (χ2v) is 5.08. The van der Waals surface area contributed by atoms with Crippen LogP contribution in [-0.4, -0.2) is 17.3 Å². The molecule has 2 aliphatic rings. The van der Waals surface area contributed by atoms with Crippen LogP contribution in [0.5, 0.6) is 0 Å². The minimum Gasteiger partial charge on any atom is -0.353 e. The molecule has 0 spiro atoms. The van der Waals surface area contributed by atoms with Gasteiger partial charge in [0, 0.05) is 17.8 Å². The van der Waals surface area contributed by atoms with Crippen molar-refractivity contribution in [3.63, 3.8) is 0 Å². The molecule has 2 nitrogen and oxygen atoms in total. The van der Waals surface area contributed by atoms with E-state index in [0.717, 1.165) is 17.2 Å². The van der Waals surface area contributed by atoms with Crippen molar-refractivity contribution >= 4 is 21.8 Å². The van der Waals surface area contributed by atoms with Gasteiger partial charge in [-0.15, -0.1) is 0 Å². The van der Waals surface area contributed by atoms with Gasteiger partial charge in [0.1, 0.15) is 0 Å². The Hall–Kier alpha value is -0.0500. The van der Waals surface area contributed by atoms with Gasteiger partial charge in [-0.1, -0.05) is 22.4 Å². The molecule has 3 atom stereocenters. The van der Waals surface area contributed by atoms with E-state index >= 15 is 0 Å². The van der Waals surface area contributed by atoms with Crippen LogP contribution in [0.25, 0.3) is 0 Å². The Morgan fingerprint density at radius 1 is 1.38 bits per heavy atom. The summed E-state index contributed by atoms with van der Waals surface area (Å²) in [6, 6.07) is 0.505. The van der Waals surface area contributed by atoms with Crippen LogP contribution in [0.1, 0.15) is 32.1 Å². The lowest BCUT2D eigenvalue weighted by Gasteiger charge is -2.22. The van der Waals surface area contributed by atoms with Crippen molar-refractivity contribution in [3.05, 3.63) is 0 Å². The Morgan fingerprint density at radius 2 is 2.23 bits per heavy atom. The van der Waals surface area contributed by atoms with Crippen molar-refractivity contribution < 1.29 is 4.79 Å². The number of hydrogen-bond donors (Lipinski definition) is 1. The fourth-order valence-corrected chi connectivity index (χ4v) is 3.15. The minimum atomic E-state index is 0.217. The van der Waals surface area contributed by atoms with Gasteiger partial charge < -0.3 is 5.32 Å². The highest BCUT2D eigenvalue weighted by Crippen LogP contribution is 2.44. The van der Waals surface area contributed by atoms with Gasteiger partial charge in [0.25, 0.3) is 0 Å². The molecule has 0 aromatic carbocycles. The summed E-state index contributed by atoms with van der Waals surface area (Å²) in [5.74, 6) is 1.93. The van der Waals surface area contributed by atoms with Crippen LogP contribution in [0.3, 0.4) is 0 Å². The molecule has 0 aliphatic heterocycles. The van der Waals surface area contributed by atoms with Crippen LogP contribution >= 0.6 is 15.9 Å². The Balaban J connectivity index is 1.79. The third-order valence-electron chi connectivity index (χ3n) is 3.41. The van der Waals surface area contributed by atoms with Gasteiger partial charge in [-0.2, -0.15) is 0 Å². The van der Waals surface area contributed by atoms with Gasteiger partial charge >= 0.3 is 0 Å². The maximum absolute atomic E-state index is 11.3. The third kappa shape index (κ3) is 2.06. The lowest BCUT2D eigenvalue weighted by molar-refractivity contribution is -0.121. The van der Waals surface area contributed by atoms with Gasteiger partial charge in [-0.3, -0.25) is 4.79 Å². The molecule has 0 saturated heterocycles. The summed E-state index contributed by atoms with van der Waals surface area (Å²) in [5, 5.41) is 3.92. The lowest BCUT2D eigenvalue weighted by Crippen LogP contribution is -2.38. The number of alkyl halides is 1. The number of rotatable bonds is 3. The number of hydrogen-bond acceptors (Lipinski definition) is 1. The molecule has 3 heteroatoms. The molecule has 2 saturated carbocycles. The topological polar surface area (TPSA) is 29.1 Å². The molecule has 74 valence electrons. The zero-order valence-corrected chi connectivity index (χ0v) is 9.35. The summed E-state index contributed by atoms with van der Waals surface area (Å²) >= 11 is 3.28. The highest BCUT2D eigenvalue weighted by atomic mass is 79.9. The van der Waals surface area contributed by atoms with Crippen LogP contribution in [0, 0.1) is 11.8 Å². The number of amides is 1. The molecule has 3 unspecified atom stereocenters. The van der Waals surface area contributed by atoms with E-state index in [0.29, 0.717) is 12.5 Å². The van der Waals surface area contributed by atoms with Crippen LogP contribution in [0.4, 0.5) is 0 Å². The van der Waals surface area contributed by atoms with Crippen molar-refractivity contribution in [2.24, 2.45) is 11.8 Å². The maximum atomic E-state index is 11.3. The molecule has 0 aromatic heterocycles. The molecule has 2 aliphatic carbocycles. The average molecular weight is 246 g/mol. The smallest absolute Gasteiger partial charge is 0.221 e. The molecule has 2 rings (SSSR count). The van der Waals surface area contributed by atoms with E-state index in [9.17, 15) is 4.79 Å². The Labute approximate surface area is 87.6 Å². The quantitative estimate of drug-likeness (QED) is 0.759. The highest BCUT2D eigenvalue weighted by molar-refractivity contribution is 9.09. The average Bonchev–Trinajstić information content (AvgIpc) is 2.65. The summed E-state index contributed by atoms with van der Waals surface area (Å²) < 4.78 is 0. The first-order chi connectivity index (χ1) is 6.29. The molecule has 1 N–H and O–H groups in total. The molecule has 2 bridgehead atoms. The summed E-state index contributed by atoms with van der Waals surface area (Å²) in [6.45, 7) is 0. The summed E-state index contributed by atoms with van der Waals surface area (Å²) in [6.07, 6.45) is 5.95. The zero-order valence-electron chi connectivity index (χ0n) is 7.76. The van der Waals surface area contributed by atoms with Crippen LogP contribution in [0.2, 0.25) is 0 Å². The minimum absolute atomic E-state index is 0.217. The second kappa shape index (κ2) is 3.99. The van der Waals surface area contributed by atoms with Crippen molar-refractivity contribution in [1.29, 1.82) is 0 Å². The van der Waals surface area contributed by atoms with Crippen LogP contribution in [-0.2, 0) is 4.79 Å². The second-order valence-electron chi connectivity index (χ2n) is 4.29.